The average molecular weight is 316 g/mol. The first-order valence-corrected chi connectivity index (χ1v) is 8.21. The van der Waals surface area contributed by atoms with E-state index < -0.39 is 0 Å². The summed E-state index contributed by atoms with van der Waals surface area (Å²) in [6.45, 7) is 0. The lowest BCUT2D eigenvalue weighted by Gasteiger charge is -2.22. The Labute approximate surface area is 135 Å². The Morgan fingerprint density at radius 1 is 1.26 bits per heavy atom. The van der Waals surface area contributed by atoms with Gasteiger partial charge in [-0.15, -0.1) is 0 Å². The number of aryl methyl sites for hydroxylation is 1. The lowest BCUT2D eigenvalue weighted by atomic mass is 9.95. The van der Waals surface area contributed by atoms with E-state index in [4.69, 9.17) is 4.42 Å². The number of carbonyl (C=O) groups excluding carboxylic acids is 1. The highest BCUT2D eigenvalue weighted by atomic mass is 19.1. The zero-order chi connectivity index (χ0) is 16.1. The van der Waals surface area contributed by atoms with Gasteiger partial charge in [0, 0.05) is 18.9 Å². The lowest BCUT2D eigenvalue weighted by Crippen LogP contribution is -2.36. The summed E-state index contributed by atoms with van der Waals surface area (Å²) in [7, 11) is 0. The van der Waals surface area contributed by atoms with Crippen molar-refractivity contribution in [1.29, 1.82) is 0 Å². The lowest BCUT2D eigenvalue weighted by molar-refractivity contribution is -0.122. The first kappa shape index (κ1) is 15.7. The van der Waals surface area contributed by atoms with Gasteiger partial charge in [-0.05, 0) is 25.0 Å². The van der Waals surface area contributed by atoms with Crippen LogP contribution in [0.15, 0.2) is 34.9 Å². The van der Waals surface area contributed by atoms with E-state index >= 15 is 0 Å². The Balaban J connectivity index is 1.53. The summed E-state index contributed by atoms with van der Waals surface area (Å²) >= 11 is 0. The molecule has 0 bridgehead atoms. The SMILES string of the molecule is O=C(CCc1ncc(-c2ccccc2F)o1)NC1CCCCC1. The van der Waals surface area contributed by atoms with Gasteiger partial charge in [0.05, 0.1) is 11.8 Å². The molecule has 0 aliphatic heterocycles. The van der Waals surface area contributed by atoms with Crippen LogP contribution in [0.4, 0.5) is 4.39 Å². The van der Waals surface area contributed by atoms with E-state index in [1.54, 1.807) is 18.2 Å². The summed E-state index contributed by atoms with van der Waals surface area (Å²) < 4.78 is 19.3. The maximum absolute atomic E-state index is 13.7. The number of amides is 1. The molecule has 1 aliphatic rings. The molecule has 1 saturated carbocycles. The van der Waals surface area contributed by atoms with Crippen molar-refractivity contribution >= 4 is 5.91 Å². The molecule has 0 saturated heterocycles. The number of halogens is 1. The molecule has 5 heteroatoms. The van der Waals surface area contributed by atoms with E-state index in [1.807, 2.05) is 0 Å². The molecule has 0 radical (unpaired) electrons. The van der Waals surface area contributed by atoms with Gasteiger partial charge in [0.2, 0.25) is 5.91 Å². The molecule has 4 nitrogen and oxygen atoms in total. The van der Waals surface area contributed by atoms with Crippen molar-refractivity contribution in [2.24, 2.45) is 0 Å². The third kappa shape index (κ3) is 4.18. The van der Waals surface area contributed by atoms with Crippen molar-refractivity contribution in [3.63, 3.8) is 0 Å². The second-order valence-electron chi connectivity index (χ2n) is 6.00. The number of aromatic nitrogens is 1. The molecule has 122 valence electrons. The minimum atomic E-state index is -0.342. The normalized spacial score (nSPS) is 15.5. The predicted molar refractivity (Wildman–Crippen MR) is 85.2 cm³/mol. The minimum absolute atomic E-state index is 0.0301. The molecular formula is C18H21FN2O2. The Kier molecular flexibility index (Phi) is 5.05. The van der Waals surface area contributed by atoms with Crippen molar-refractivity contribution in [3.8, 4) is 11.3 Å². The van der Waals surface area contributed by atoms with Crippen molar-refractivity contribution in [2.75, 3.05) is 0 Å². The fourth-order valence-corrected chi connectivity index (χ4v) is 2.98. The number of rotatable bonds is 5. The quantitative estimate of drug-likeness (QED) is 0.911. The zero-order valence-electron chi connectivity index (χ0n) is 13.1. The van der Waals surface area contributed by atoms with Gasteiger partial charge in [-0.2, -0.15) is 0 Å². The maximum Gasteiger partial charge on any atom is 0.220 e. The van der Waals surface area contributed by atoms with Crippen LogP contribution in [0, 0.1) is 5.82 Å². The van der Waals surface area contributed by atoms with Crippen molar-refractivity contribution in [2.45, 2.75) is 51.0 Å². The molecule has 0 unspecified atom stereocenters. The second-order valence-corrected chi connectivity index (χ2v) is 6.00. The molecule has 1 aliphatic carbocycles. The van der Waals surface area contributed by atoms with Crippen LogP contribution in [0.1, 0.15) is 44.4 Å². The third-order valence-electron chi connectivity index (χ3n) is 4.23. The molecule has 0 atom stereocenters. The molecule has 1 N–H and O–H groups in total. The van der Waals surface area contributed by atoms with E-state index in [9.17, 15) is 9.18 Å². The van der Waals surface area contributed by atoms with Gasteiger partial charge in [-0.25, -0.2) is 9.37 Å². The molecular weight excluding hydrogens is 295 g/mol. The third-order valence-corrected chi connectivity index (χ3v) is 4.23. The highest BCUT2D eigenvalue weighted by Gasteiger charge is 2.16. The number of carbonyl (C=O) groups is 1. The highest BCUT2D eigenvalue weighted by Crippen LogP contribution is 2.23. The largest absolute Gasteiger partial charge is 0.441 e. The van der Waals surface area contributed by atoms with Gasteiger partial charge < -0.3 is 9.73 Å². The minimum Gasteiger partial charge on any atom is -0.441 e. The molecule has 23 heavy (non-hydrogen) atoms. The Morgan fingerprint density at radius 3 is 2.83 bits per heavy atom. The van der Waals surface area contributed by atoms with E-state index in [2.05, 4.69) is 10.3 Å². The Hall–Kier alpha value is -2.17. The summed E-state index contributed by atoms with van der Waals surface area (Å²) in [4.78, 5) is 16.1. The first-order valence-electron chi connectivity index (χ1n) is 8.21. The Morgan fingerprint density at radius 2 is 2.04 bits per heavy atom. The molecule has 1 aromatic heterocycles. The summed E-state index contributed by atoms with van der Waals surface area (Å²) in [6, 6.07) is 6.73. The molecule has 1 heterocycles. The summed E-state index contributed by atoms with van der Waals surface area (Å²) in [5.74, 6) is 0.542. The van der Waals surface area contributed by atoms with Crippen LogP contribution in [-0.4, -0.2) is 16.9 Å². The predicted octanol–water partition coefficient (Wildman–Crippen LogP) is 3.86. The second kappa shape index (κ2) is 7.40. The summed E-state index contributed by atoms with van der Waals surface area (Å²) in [6.07, 6.45) is 8.06. The van der Waals surface area contributed by atoms with Crippen molar-refractivity contribution in [3.05, 3.63) is 42.2 Å². The van der Waals surface area contributed by atoms with Crippen LogP contribution >= 0.6 is 0 Å². The van der Waals surface area contributed by atoms with Gasteiger partial charge in [0.25, 0.3) is 0 Å². The number of benzene rings is 1. The molecule has 3 rings (SSSR count). The number of hydrogen-bond acceptors (Lipinski definition) is 3. The van der Waals surface area contributed by atoms with Gasteiger partial charge >= 0.3 is 0 Å². The van der Waals surface area contributed by atoms with Gasteiger partial charge in [-0.3, -0.25) is 4.79 Å². The first-order chi connectivity index (χ1) is 11.2. The van der Waals surface area contributed by atoms with E-state index in [-0.39, 0.29) is 11.7 Å². The zero-order valence-corrected chi connectivity index (χ0v) is 13.1. The highest BCUT2D eigenvalue weighted by molar-refractivity contribution is 5.76. The fourth-order valence-electron chi connectivity index (χ4n) is 2.98. The number of nitrogens with zero attached hydrogens (tertiary/aromatic N) is 1. The van der Waals surface area contributed by atoms with E-state index in [0.29, 0.717) is 36.1 Å². The number of hydrogen-bond donors (Lipinski definition) is 1. The van der Waals surface area contributed by atoms with Crippen LogP contribution in [0.25, 0.3) is 11.3 Å². The van der Waals surface area contributed by atoms with Crippen LogP contribution in [-0.2, 0) is 11.2 Å². The van der Waals surface area contributed by atoms with E-state index in [1.165, 1.54) is 31.5 Å². The molecule has 1 fully saturated rings. The maximum atomic E-state index is 13.7. The number of nitrogens with one attached hydrogen (secondary N) is 1. The topological polar surface area (TPSA) is 55.1 Å². The summed E-state index contributed by atoms with van der Waals surface area (Å²) in [5, 5.41) is 3.07. The van der Waals surface area contributed by atoms with Crippen LogP contribution in [0.3, 0.4) is 0 Å². The molecule has 2 aromatic rings. The van der Waals surface area contributed by atoms with Crippen molar-refractivity contribution < 1.29 is 13.6 Å². The van der Waals surface area contributed by atoms with Gasteiger partial charge in [0.15, 0.2) is 11.7 Å². The smallest absolute Gasteiger partial charge is 0.220 e. The standard InChI is InChI=1S/C18H21FN2O2/c19-15-9-5-4-8-14(15)16-12-20-18(23-16)11-10-17(22)21-13-6-2-1-3-7-13/h4-5,8-9,12-13H,1-3,6-7,10-11H2,(H,21,22). The monoisotopic (exact) mass is 316 g/mol. The van der Waals surface area contributed by atoms with Gasteiger partial charge in [-0.1, -0.05) is 31.4 Å². The molecule has 1 amide bonds. The van der Waals surface area contributed by atoms with Crippen LogP contribution < -0.4 is 5.32 Å². The Bertz CT molecular complexity index is 663. The summed E-state index contributed by atoms with van der Waals surface area (Å²) in [5.41, 5.74) is 0.387. The number of oxazole rings is 1. The molecule has 1 aromatic carbocycles. The van der Waals surface area contributed by atoms with Crippen LogP contribution in [0.5, 0.6) is 0 Å². The molecule has 0 spiro atoms. The van der Waals surface area contributed by atoms with E-state index in [0.717, 1.165) is 12.8 Å². The van der Waals surface area contributed by atoms with Crippen molar-refractivity contribution in [1.82, 2.24) is 10.3 Å². The van der Waals surface area contributed by atoms with Crippen LogP contribution in [0.2, 0.25) is 0 Å². The fraction of sp³-hybridized carbons (Fsp3) is 0.444. The average Bonchev–Trinajstić information content (AvgIpc) is 3.03. The van der Waals surface area contributed by atoms with Gasteiger partial charge in [0.1, 0.15) is 5.82 Å².